The molecular formula is C13H21ClN2O3S. The first-order valence-electron chi connectivity index (χ1n) is 6.47. The normalized spacial score (nSPS) is 16.9. The molecule has 114 valence electrons. The van der Waals surface area contributed by atoms with E-state index in [1.165, 1.54) is 12.1 Å². The van der Waals surface area contributed by atoms with Crippen LogP contribution in [0.3, 0.4) is 0 Å². The fourth-order valence-electron chi connectivity index (χ4n) is 2.01. The standard InChI is InChI=1S/C13H20N2O3S.ClH/c1-2-18-11-4-6-12(7-5-11)19(16,17)15-10-13(14)8-3-9-13;/h4-7,15H,2-3,8-10,14H2,1H3;1H. The van der Waals surface area contributed by atoms with Gasteiger partial charge in [0.2, 0.25) is 10.0 Å². The van der Waals surface area contributed by atoms with E-state index >= 15 is 0 Å². The summed E-state index contributed by atoms with van der Waals surface area (Å²) in [5.74, 6) is 0.663. The summed E-state index contributed by atoms with van der Waals surface area (Å²) >= 11 is 0. The minimum absolute atomic E-state index is 0. The van der Waals surface area contributed by atoms with Crippen LogP contribution in [-0.2, 0) is 10.0 Å². The average molecular weight is 321 g/mol. The molecule has 0 spiro atoms. The molecule has 1 aromatic rings. The Balaban J connectivity index is 0.00000200. The van der Waals surface area contributed by atoms with E-state index in [1.54, 1.807) is 12.1 Å². The van der Waals surface area contributed by atoms with Gasteiger partial charge in [-0.15, -0.1) is 12.4 Å². The third kappa shape index (κ3) is 4.09. The molecule has 0 saturated heterocycles. The van der Waals surface area contributed by atoms with Crippen LogP contribution >= 0.6 is 12.4 Å². The molecule has 1 fully saturated rings. The second kappa shape index (κ2) is 6.76. The van der Waals surface area contributed by atoms with Crippen LogP contribution in [0, 0.1) is 0 Å². The maximum atomic E-state index is 12.1. The monoisotopic (exact) mass is 320 g/mol. The quantitative estimate of drug-likeness (QED) is 0.835. The van der Waals surface area contributed by atoms with E-state index in [2.05, 4.69) is 4.72 Å². The van der Waals surface area contributed by atoms with E-state index in [0.29, 0.717) is 18.9 Å². The summed E-state index contributed by atoms with van der Waals surface area (Å²) < 4.78 is 32.0. The molecule has 0 unspecified atom stereocenters. The lowest BCUT2D eigenvalue weighted by Crippen LogP contribution is -2.54. The van der Waals surface area contributed by atoms with E-state index in [1.807, 2.05) is 6.92 Å². The van der Waals surface area contributed by atoms with Gasteiger partial charge in [-0.1, -0.05) is 0 Å². The minimum atomic E-state index is -3.49. The van der Waals surface area contributed by atoms with Gasteiger partial charge in [-0.2, -0.15) is 0 Å². The van der Waals surface area contributed by atoms with Crippen LogP contribution in [0.5, 0.6) is 5.75 Å². The Labute approximate surface area is 126 Å². The summed E-state index contributed by atoms with van der Waals surface area (Å²) in [6.07, 6.45) is 2.82. The lowest BCUT2D eigenvalue weighted by Gasteiger charge is -2.37. The molecule has 1 aliphatic rings. The third-order valence-corrected chi connectivity index (χ3v) is 4.83. The van der Waals surface area contributed by atoms with Gasteiger partial charge in [0.25, 0.3) is 0 Å². The maximum Gasteiger partial charge on any atom is 0.240 e. The topological polar surface area (TPSA) is 81.4 Å². The molecule has 1 aliphatic carbocycles. The van der Waals surface area contributed by atoms with Gasteiger partial charge >= 0.3 is 0 Å². The highest BCUT2D eigenvalue weighted by molar-refractivity contribution is 7.89. The predicted molar refractivity (Wildman–Crippen MR) is 80.8 cm³/mol. The molecule has 20 heavy (non-hydrogen) atoms. The summed E-state index contributed by atoms with van der Waals surface area (Å²) in [7, 11) is -3.49. The van der Waals surface area contributed by atoms with Gasteiger partial charge in [0.15, 0.2) is 0 Å². The highest BCUT2D eigenvalue weighted by atomic mass is 35.5. The number of halogens is 1. The third-order valence-electron chi connectivity index (χ3n) is 3.41. The highest BCUT2D eigenvalue weighted by Gasteiger charge is 2.33. The fourth-order valence-corrected chi connectivity index (χ4v) is 3.15. The number of rotatable bonds is 6. The number of hydrogen-bond acceptors (Lipinski definition) is 4. The summed E-state index contributed by atoms with van der Waals surface area (Å²) in [4.78, 5) is 0.235. The van der Waals surface area contributed by atoms with Crippen LogP contribution in [0.25, 0.3) is 0 Å². The Hall–Kier alpha value is -0.820. The number of nitrogens with one attached hydrogen (secondary N) is 1. The molecule has 7 heteroatoms. The summed E-state index contributed by atoms with van der Waals surface area (Å²) in [6.45, 7) is 2.73. The van der Waals surface area contributed by atoms with E-state index in [9.17, 15) is 8.42 Å². The average Bonchev–Trinajstić information content (AvgIpc) is 2.35. The molecule has 0 aromatic heterocycles. The largest absolute Gasteiger partial charge is 0.494 e. The van der Waals surface area contributed by atoms with Gasteiger partial charge in [-0.25, -0.2) is 13.1 Å². The van der Waals surface area contributed by atoms with Crippen molar-refractivity contribution in [3.63, 3.8) is 0 Å². The Bertz CT molecular complexity index is 527. The first-order chi connectivity index (χ1) is 8.95. The zero-order chi connectivity index (χ0) is 13.9. The molecule has 0 amide bonds. The van der Waals surface area contributed by atoms with Crippen molar-refractivity contribution in [1.82, 2.24) is 4.72 Å². The molecule has 1 aromatic carbocycles. The van der Waals surface area contributed by atoms with Gasteiger partial charge in [0.05, 0.1) is 11.5 Å². The first kappa shape index (κ1) is 17.2. The fraction of sp³-hybridized carbons (Fsp3) is 0.538. The first-order valence-corrected chi connectivity index (χ1v) is 7.95. The molecule has 0 aliphatic heterocycles. The van der Waals surface area contributed by atoms with Crippen LogP contribution in [0.15, 0.2) is 29.2 Å². The molecule has 5 nitrogen and oxygen atoms in total. The Kier molecular flexibility index (Phi) is 5.82. The number of benzene rings is 1. The SMILES string of the molecule is CCOc1ccc(S(=O)(=O)NCC2(N)CCC2)cc1.Cl. The summed E-state index contributed by atoms with van der Waals surface area (Å²) in [5.41, 5.74) is 5.64. The zero-order valence-corrected chi connectivity index (χ0v) is 13.1. The number of sulfonamides is 1. The van der Waals surface area contributed by atoms with E-state index in [-0.39, 0.29) is 22.8 Å². The molecule has 0 atom stereocenters. The van der Waals surface area contributed by atoms with Crippen molar-refractivity contribution >= 4 is 22.4 Å². The van der Waals surface area contributed by atoms with Gasteiger partial charge < -0.3 is 10.5 Å². The zero-order valence-electron chi connectivity index (χ0n) is 11.5. The van der Waals surface area contributed by atoms with E-state index in [4.69, 9.17) is 10.5 Å². The molecular weight excluding hydrogens is 300 g/mol. The Morgan fingerprint density at radius 3 is 2.35 bits per heavy atom. The van der Waals surface area contributed by atoms with Gasteiger partial charge in [-0.05, 0) is 50.5 Å². The number of nitrogens with two attached hydrogens (primary N) is 1. The van der Waals surface area contributed by atoms with Crippen molar-refractivity contribution in [3.05, 3.63) is 24.3 Å². The van der Waals surface area contributed by atoms with E-state index in [0.717, 1.165) is 19.3 Å². The van der Waals surface area contributed by atoms with Crippen LogP contribution in [0.2, 0.25) is 0 Å². The highest BCUT2D eigenvalue weighted by Crippen LogP contribution is 2.28. The van der Waals surface area contributed by atoms with Crippen molar-refractivity contribution < 1.29 is 13.2 Å². The smallest absolute Gasteiger partial charge is 0.240 e. The van der Waals surface area contributed by atoms with E-state index < -0.39 is 10.0 Å². The van der Waals surface area contributed by atoms with Gasteiger partial charge in [0, 0.05) is 12.1 Å². The minimum Gasteiger partial charge on any atom is -0.494 e. The van der Waals surface area contributed by atoms with Crippen LogP contribution in [0.4, 0.5) is 0 Å². The van der Waals surface area contributed by atoms with Crippen molar-refractivity contribution in [1.29, 1.82) is 0 Å². The molecule has 1 saturated carbocycles. The van der Waals surface area contributed by atoms with Crippen molar-refractivity contribution in [2.45, 2.75) is 36.6 Å². The summed E-state index contributed by atoms with van der Waals surface area (Å²) in [5, 5.41) is 0. The number of hydrogen-bond donors (Lipinski definition) is 2. The maximum absolute atomic E-state index is 12.1. The van der Waals surface area contributed by atoms with Gasteiger partial charge in [0.1, 0.15) is 5.75 Å². The van der Waals surface area contributed by atoms with Crippen molar-refractivity contribution in [2.24, 2.45) is 5.73 Å². The van der Waals surface area contributed by atoms with Crippen molar-refractivity contribution in [3.8, 4) is 5.75 Å². The molecule has 2 rings (SSSR count). The molecule has 3 N–H and O–H groups in total. The van der Waals surface area contributed by atoms with Crippen molar-refractivity contribution in [2.75, 3.05) is 13.2 Å². The van der Waals surface area contributed by atoms with Gasteiger partial charge in [-0.3, -0.25) is 0 Å². The lowest BCUT2D eigenvalue weighted by atomic mass is 9.78. The number of ether oxygens (including phenoxy) is 1. The second-order valence-corrected chi connectivity index (χ2v) is 6.71. The van der Waals surface area contributed by atoms with Crippen LogP contribution < -0.4 is 15.2 Å². The molecule has 0 heterocycles. The Morgan fingerprint density at radius 1 is 1.30 bits per heavy atom. The second-order valence-electron chi connectivity index (χ2n) is 4.94. The predicted octanol–water partition coefficient (Wildman–Crippen LogP) is 1.67. The Morgan fingerprint density at radius 2 is 1.90 bits per heavy atom. The summed E-state index contributed by atoms with van der Waals surface area (Å²) in [6, 6.07) is 6.38. The molecule has 0 bridgehead atoms. The van der Waals surface area contributed by atoms with Crippen LogP contribution in [0.1, 0.15) is 26.2 Å². The molecule has 0 radical (unpaired) electrons. The lowest BCUT2D eigenvalue weighted by molar-refractivity contribution is 0.251. The van der Waals surface area contributed by atoms with Crippen LogP contribution in [-0.4, -0.2) is 27.1 Å².